The van der Waals surface area contributed by atoms with Gasteiger partial charge in [0.25, 0.3) is 0 Å². The van der Waals surface area contributed by atoms with E-state index in [1.54, 1.807) is 6.07 Å². The Morgan fingerprint density at radius 3 is 3.16 bits per heavy atom. The highest BCUT2D eigenvalue weighted by atomic mass is 19.1. The first-order valence-electron chi connectivity index (χ1n) is 6.90. The molecule has 1 aliphatic heterocycles. The molecule has 102 valence electrons. The number of hydrogen-bond donors (Lipinski definition) is 1. The van der Waals surface area contributed by atoms with Crippen molar-refractivity contribution in [2.24, 2.45) is 0 Å². The number of hydrogen-bond acceptors (Lipinski definition) is 2. The molecule has 0 bridgehead atoms. The topological polar surface area (TPSA) is 26.2 Å². The van der Waals surface area contributed by atoms with Crippen molar-refractivity contribution in [3.63, 3.8) is 0 Å². The van der Waals surface area contributed by atoms with Crippen LogP contribution in [-0.4, -0.2) is 30.4 Å². The van der Waals surface area contributed by atoms with Crippen LogP contribution in [0.1, 0.15) is 12.8 Å². The van der Waals surface area contributed by atoms with Crippen LogP contribution < -0.4 is 5.32 Å². The molecule has 1 atom stereocenters. The molecular weight excluding hydrogens is 243 g/mol. The molecule has 3 rings (SSSR count). The summed E-state index contributed by atoms with van der Waals surface area (Å²) in [5.74, 6) is -0.149. The van der Waals surface area contributed by atoms with E-state index < -0.39 is 0 Å². The van der Waals surface area contributed by atoms with E-state index in [1.807, 2.05) is 18.3 Å². The van der Waals surface area contributed by atoms with Gasteiger partial charge < -0.3 is 14.6 Å². The van der Waals surface area contributed by atoms with Gasteiger partial charge >= 0.3 is 0 Å². The summed E-state index contributed by atoms with van der Waals surface area (Å²) in [6.45, 7) is 3.53. The van der Waals surface area contributed by atoms with Crippen LogP contribution in [0, 0.1) is 5.82 Å². The first-order chi connectivity index (χ1) is 9.34. The second-order valence-corrected chi connectivity index (χ2v) is 5.02. The highest BCUT2D eigenvalue weighted by molar-refractivity contribution is 5.80. The van der Waals surface area contributed by atoms with Crippen LogP contribution in [0.5, 0.6) is 0 Å². The van der Waals surface area contributed by atoms with Crippen molar-refractivity contribution in [2.75, 3.05) is 19.7 Å². The Bertz CT molecular complexity index is 546. The van der Waals surface area contributed by atoms with Crippen molar-refractivity contribution in [2.45, 2.75) is 25.5 Å². The number of nitrogens with zero attached hydrogens (tertiary/aromatic N) is 1. The lowest BCUT2D eigenvalue weighted by molar-refractivity contribution is 0.110. The van der Waals surface area contributed by atoms with Gasteiger partial charge in [0.15, 0.2) is 0 Å². The Morgan fingerprint density at radius 2 is 2.32 bits per heavy atom. The van der Waals surface area contributed by atoms with Crippen LogP contribution in [0.4, 0.5) is 4.39 Å². The second kappa shape index (κ2) is 5.72. The molecule has 1 fully saturated rings. The molecule has 1 aromatic carbocycles. The molecule has 0 radical (unpaired) electrons. The van der Waals surface area contributed by atoms with Gasteiger partial charge in [-0.15, -0.1) is 0 Å². The van der Waals surface area contributed by atoms with Crippen LogP contribution in [0.15, 0.2) is 30.5 Å². The number of aromatic nitrogens is 1. The molecule has 1 saturated heterocycles. The zero-order valence-corrected chi connectivity index (χ0v) is 10.9. The summed E-state index contributed by atoms with van der Waals surface area (Å²) in [5.41, 5.74) is 0.957. The van der Waals surface area contributed by atoms with Crippen molar-refractivity contribution >= 4 is 10.9 Å². The fraction of sp³-hybridized carbons (Fsp3) is 0.467. The number of rotatable bonds is 5. The quantitative estimate of drug-likeness (QED) is 0.838. The fourth-order valence-electron chi connectivity index (χ4n) is 2.65. The Balaban J connectivity index is 1.55. The van der Waals surface area contributed by atoms with Crippen LogP contribution >= 0.6 is 0 Å². The van der Waals surface area contributed by atoms with Crippen LogP contribution in [0.3, 0.4) is 0 Å². The third kappa shape index (κ3) is 2.80. The number of halogens is 1. The van der Waals surface area contributed by atoms with Gasteiger partial charge in [-0.05, 0) is 31.0 Å². The van der Waals surface area contributed by atoms with Gasteiger partial charge in [0.05, 0.1) is 11.6 Å². The molecule has 1 unspecified atom stereocenters. The number of nitrogens with one attached hydrogen (secondary N) is 1. The van der Waals surface area contributed by atoms with Gasteiger partial charge in [0.1, 0.15) is 5.82 Å². The van der Waals surface area contributed by atoms with E-state index in [1.165, 1.54) is 12.5 Å². The monoisotopic (exact) mass is 262 g/mol. The average Bonchev–Trinajstić information content (AvgIpc) is 3.05. The minimum Gasteiger partial charge on any atom is -0.377 e. The number of fused-ring (bicyclic) bond motifs is 1. The predicted octanol–water partition coefficient (Wildman–Crippen LogP) is 2.55. The third-order valence-corrected chi connectivity index (χ3v) is 3.69. The van der Waals surface area contributed by atoms with Crippen molar-refractivity contribution in [3.05, 3.63) is 36.3 Å². The maximum atomic E-state index is 13.5. The van der Waals surface area contributed by atoms with Crippen LogP contribution in [0.25, 0.3) is 10.9 Å². The predicted molar refractivity (Wildman–Crippen MR) is 73.7 cm³/mol. The van der Waals surface area contributed by atoms with Crippen LogP contribution in [-0.2, 0) is 11.3 Å². The Kier molecular flexibility index (Phi) is 3.80. The molecule has 0 spiro atoms. The standard InChI is InChI=1S/C15H19FN2O/c16-14-4-1-5-15-13(14)6-8-18(15)9-7-17-11-12-3-2-10-19-12/h1,4-6,8,12,17H,2-3,7,9-11H2. The lowest BCUT2D eigenvalue weighted by Gasteiger charge is -2.11. The van der Waals surface area contributed by atoms with E-state index in [9.17, 15) is 4.39 Å². The molecule has 0 aliphatic carbocycles. The van der Waals surface area contributed by atoms with E-state index >= 15 is 0 Å². The fourth-order valence-corrected chi connectivity index (χ4v) is 2.65. The maximum Gasteiger partial charge on any atom is 0.132 e. The Morgan fingerprint density at radius 1 is 1.37 bits per heavy atom. The first kappa shape index (κ1) is 12.6. The molecule has 19 heavy (non-hydrogen) atoms. The van der Waals surface area contributed by atoms with E-state index in [0.29, 0.717) is 11.5 Å². The van der Waals surface area contributed by atoms with Crippen molar-refractivity contribution in [1.82, 2.24) is 9.88 Å². The summed E-state index contributed by atoms with van der Waals surface area (Å²) in [6, 6.07) is 7.06. The smallest absolute Gasteiger partial charge is 0.132 e. The van der Waals surface area contributed by atoms with Crippen molar-refractivity contribution in [3.8, 4) is 0 Å². The Labute approximate surface area is 112 Å². The molecule has 3 nitrogen and oxygen atoms in total. The molecule has 0 saturated carbocycles. The van der Waals surface area contributed by atoms with E-state index in [4.69, 9.17) is 4.74 Å². The maximum absolute atomic E-state index is 13.5. The summed E-state index contributed by atoms with van der Waals surface area (Å²) in [5, 5.41) is 4.10. The zero-order chi connectivity index (χ0) is 13.1. The highest BCUT2D eigenvalue weighted by Gasteiger charge is 2.14. The van der Waals surface area contributed by atoms with Crippen molar-refractivity contribution < 1.29 is 9.13 Å². The first-order valence-corrected chi connectivity index (χ1v) is 6.90. The summed E-state index contributed by atoms with van der Waals surface area (Å²) >= 11 is 0. The number of benzene rings is 1. The van der Waals surface area contributed by atoms with Gasteiger partial charge in [-0.1, -0.05) is 6.07 Å². The minimum atomic E-state index is -0.149. The molecule has 4 heteroatoms. The van der Waals surface area contributed by atoms with Gasteiger partial charge in [0.2, 0.25) is 0 Å². The van der Waals surface area contributed by atoms with Gasteiger partial charge in [-0.3, -0.25) is 0 Å². The zero-order valence-electron chi connectivity index (χ0n) is 10.9. The largest absolute Gasteiger partial charge is 0.377 e. The van der Waals surface area contributed by atoms with E-state index in [0.717, 1.165) is 38.2 Å². The summed E-state index contributed by atoms with van der Waals surface area (Å²) < 4.78 is 21.2. The average molecular weight is 262 g/mol. The number of ether oxygens (including phenoxy) is 1. The summed E-state index contributed by atoms with van der Waals surface area (Å²) in [4.78, 5) is 0. The van der Waals surface area contributed by atoms with E-state index in [-0.39, 0.29) is 5.82 Å². The molecule has 1 aliphatic rings. The lowest BCUT2D eigenvalue weighted by atomic mass is 10.2. The second-order valence-electron chi connectivity index (χ2n) is 5.02. The van der Waals surface area contributed by atoms with Crippen molar-refractivity contribution in [1.29, 1.82) is 0 Å². The molecular formula is C15H19FN2O. The van der Waals surface area contributed by atoms with Crippen LogP contribution in [0.2, 0.25) is 0 Å². The SMILES string of the molecule is Fc1cccc2c1ccn2CCNCC1CCCO1. The van der Waals surface area contributed by atoms with Gasteiger partial charge in [0, 0.05) is 37.8 Å². The normalized spacial score (nSPS) is 19.3. The third-order valence-electron chi connectivity index (χ3n) is 3.69. The molecule has 1 N–H and O–H groups in total. The van der Waals surface area contributed by atoms with Gasteiger partial charge in [-0.25, -0.2) is 4.39 Å². The summed E-state index contributed by atoms with van der Waals surface area (Å²) in [7, 11) is 0. The Hall–Kier alpha value is -1.39. The molecule has 0 amide bonds. The molecule has 2 heterocycles. The molecule has 1 aromatic heterocycles. The van der Waals surface area contributed by atoms with Gasteiger partial charge in [-0.2, -0.15) is 0 Å². The minimum absolute atomic E-state index is 0.149. The van der Waals surface area contributed by atoms with E-state index in [2.05, 4.69) is 9.88 Å². The molecule has 2 aromatic rings. The lowest BCUT2D eigenvalue weighted by Crippen LogP contribution is -2.28. The highest BCUT2D eigenvalue weighted by Crippen LogP contribution is 2.18. The summed E-state index contributed by atoms with van der Waals surface area (Å²) in [6.07, 6.45) is 4.65.